The lowest BCUT2D eigenvalue weighted by Crippen LogP contribution is -2.08. The molecule has 2 aromatic rings. The molecule has 1 fully saturated rings. The molecule has 0 aliphatic heterocycles. The molecule has 0 spiro atoms. The summed E-state index contributed by atoms with van der Waals surface area (Å²) in [5.74, 6) is 2.46. The van der Waals surface area contributed by atoms with Gasteiger partial charge in [-0.25, -0.2) is 4.98 Å². The van der Waals surface area contributed by atoms with Gasteiger partial charge < -0.3 is 15.6 Å². The van der Waals surface area contributed by atoms with Crippen LogP contribution >= 0.6 is 0 Å². The highest BCUT2D eigenvalue weighted by Gasteiger charge is 2.20. The second-order valence-corrected chi connectivity index (χ2v) is 5.04. The summed E-state index contributed by atoms with van der Waals surface area (Å²) in [6.07, 6.45) is 7.02. The van der Waals surface area contributed by atoms with Crippen molar-refractivity contribution in [3.8, 4) is 0 Å². The SMILES string of the molecule is CCNc1nc(NCCCC2CC2)c2[nH]cnc2n1. The Morgan fingerprint density at radius 3 is 3.00 bits per heavy atom. The third-order valence-electron chi connectivity index (χ3n) is 3.40. The number of hydrogen-bond donors (Lipinski definition) is 3. The molecule has 1 saturated carbocycles. The minimum absolute atomic E-state index is 0.631. The van der Waals surface area contributed by atoms with Gasteiger partial charge in [0.05, 0.1) is 6.33 Å². The largest absolute Gasteiger partial charge is 0.368 e. The summed E-state index contributed by atoms with van der Waals surface area (Å²) in [5, 5.41) is 6.53. The number of fused-ring (bicyclic) bond motifs is 1. The number of anilines is 2. The Labute approximate surface area is 112 Å². The number of hydrogen-bond acceptors (Lipinski definition) is 5. The van der Waals surface area contributed by atoms with E-state index in [1.165, 1.54) is 25.7 Å². The summed E-state index contributed by atoms with van der Waals surface area (Å²) in [7, 11) is 0. The summed E-state index contributed by atoms with van der Waals surface area (Å²) in [6, 6.07) is 0. The monoisotopic (exact) mass is 260 g/mol. The van der Waals surface area contributed by atoms with Gasteiger partial charge in [-0.3, -0.25) is 0 Å². The molecule has 0 atom stereocenters. The fourth-order valence-electron chi connectivity index (χ4n) is 2.20. The lowest BCUT2D eigenvalue weighted by atomic mass is 10.2. The normalized spacial score (nSPS) is 14.8. The summed E-state index contributed by atoms with van der Waals surface area (Å²) in [6.45, 7) is 3.78. The van der Waals surface area contributed by atoms with E-state index in [0.29, 0.717) is 11.6 Å². The van der Waals surface area contributed by atoms with E-state index in [1.807, 2.05) is 6.92 Å². The van der Waals surface area contributed by atoms with Crippen LogP contribution in [0.5, 0.6) is 0 Å². The Hall–Kier alpha value is -1.85. The van der Waals surface area contributed by atoms with Crippen molar-refractivity contribution in [3.05, 3.63) is 6.33 Å². The minimum Gasteiger partial charge on any atom is -0.368 e. The van der Waals surface area contributed by atoms with Gasteiger partial charge in [0.25, 0.3) is 0 Å². The highest BCUT2D eigenvalue weighted by Crippen LogP contribution is 2.33. The van der Waals surface area contributed by atoms with Gasteiger partial charge in [-0.1, -0.05) is 12.8 Å². The predicted molar refractivity (Wildman–Crippen MR) is 76.3 cm³/mol. The molecule has 6 nitrogen and oxygen atoms in total. The van der Waals surface area contributed by atoms with Gasteiger partial charge in [0.2, 0.25) is 5.95 Å². The van der Waals surface area contributed by atoms with Crippen LogP contribution in [0.3, 0.4) is 0 Å². The molecule has 0 aromatic carbocycles. The number of rotatable bonds is 7. The standard InChI is InChI=1S/C13H20N6/c1-2-14-13-18-11(10-12(19-13)17-8-16-10)15-7-3-4-9-5-6-9/h8-9H,2-7H2,1H3,(H3,14,15,16,17,18,19). The zero-order valence-corrected chi connectivity index (χ0v) is 11.2. The van der Waals surface area contributed by atoms with E-state index in [-0.39, 0.29) is 0 Å². The smallest absolute Gasteiger partial charge is 0.226 e. The molecule has 102 valence electrons. The number of H-pyrrole nitrogens is 1. The van der Waals surface area contributed by atoms with E-state index in [0.717, 1.165) is 30.3 Å². The number of imidazole rings is 1. The Bertz CT molecular complexity index is 545. The molecule has 0 bridgehead atoms. The zero-order chi connectivity index (χ0) is 13.1. The van der Waals surface area contributed by atoms with Crippen LogP contribution in [-0.4, -0.2) is 33.0 Å². The highest BCUT2D eigenvalue weighted by atomic mass is 15.2. The maximum atomic E-state index is 4.49. The van der Waals surface area contributed by atoms with Crippen molar-refractivity contribution in [2.24, 2.45) is 5.92 Å². The van der Waals surface area contributed by atoms with Crippen LogP contribution in [-0.2, 0) is 0 Å². The average molecular weight is 260 g/mol. The third-order valence-corrected chi connectivity index (χ3v) is 3.40. The van der Waals surface area contributed by atoms with Crippen LogP contribution in [0.2, 0.25) is 0 Å². The van der Waals surface area contributed by atoms with Gasteiger partial charge in [-0.15, -0.1) is 0 Å². The van der Waals surface area contributed by atoms with E-state index < -0.39 is 0 Å². The average Bonchev–Trinajstić information content (AvgIpc) is 3.11. The Morgan fingerprint density at radius 1 is 1.32 bits per heavy atom. The highest BCUT2D eigenvalue weighted by molar-refractivity contribution is 5.83. The Kier molecular flexibility index (Phi) is 3.48. The van der Waals surface area contributed by atoms with Crippen LogP contribution in [0.25, 0.3) is 11.2 Å². The molecule has 19 heavy (non-hydrogen) atoms. The lowest BCUT2D eigenvalue weighted by Gasteiger charge is -2.08. The van der Waals surface area contributed by atoms with Crippen molar-refractivity contribution >= 4 is 22.9 Å². The van der Waals surface area contributed by atoms with E-state index in [1.54, 1.807) is 6.33 Å². The van der Waals surface area contributed by atoms with E-state index in [4.69, 9.17) is 0 Å². The maximum absolute atomic E-state index is 4.49. The van der Waals surface area contributed by atoms with Gasteiger partial charge in [0.15, 0.2) is 11.5 Å². The molecule has 3 rings (SSSR count). The van der Waals surface area contributed by atoms with Crippen LogP contribution in [0, 0.1) is 5.92 Å². The van der Waals surface area contributed by atoms with Crippen LogP contribution < -0.4 is 10.6 Å². The number of nitrogens with zero attached hydrogens (tertiary/aromatic N) is 3. The van der Waals surface area contributed by atoms with Gasteiger partial charge in [0.1, 0.15) is 5.52 Å². The van der Waals surface area contributed by atoms with Crippen LogP contribution in [0.15, 0.2) is 6.33 Å². The first kappa shape index (κ1) is 12.2. The molecular weight excluding hydrogens is 240 g/mol. The van der Waals surface area contributed by atoms with Gasteiger partial charge in [-0.2, -0.15) is 9.97 Å². The first-order valence-corrected chi connectivity index (χ1v) is 7.05. The molecule has 2 heterocycles. The van der Waals surface area contributed by atoms with E-state index in [2.05, 4.69) is 30.6 Å². The van der Waals surface area contributed by atoms with Crippen molar-refractivity contribution in [3.63, 3.8) is 0 Å². The summed E-state index contributed by atoms with van der Waals surface area (Å²) < 4.78 is 0. The third kappa shape index (κ3) is 2.94. The summed E-state index contributed by atoms with van der Waals surface area (Å²) >= 11 is 0. The minimum atomic E-state index is 0.631. The lowest BCUT2D eigenvalue weighted by molar-refractivity contribution is 0.686. The quantitative estimate of drug-likeness (QED) is 0.666. The first-order chi connectivity index (χ1) is 9.36. The van der Waals surface area contributed by atoms with Crippen molar-refractivity contribution in [2.75, 3.05) is 23.7 Å². The molecule has 1 aliphatic rings. The molecular formula is C13H20N6. The van der Waals surface area contributed by atoms with Gasteiger partial charge in [0, 0.05) is 13.1 Å². The maximum Gasteiger partial charge on any atom is 0.226 e. The number of nitrogens with one attached hydrogen (secondary N) is 3. The molecule has 3 N–H and O–H groups in total. The fourth-order valence-corrected chi connectivity index (χ4v) is 2.20. The van der Waals surface area contributed by atoms with Crippen molar-refractivity contribution in [2.45, 2.75) is 32.6 Å². The van der Waals surface area contributed by atoms with E-state index in [9.17, 15) is 0 Å². The van der Waals surface area contributed by atoms with Crippen molar-refractivity contribution in [1.82, 2.24) is 19.9 Å². The number of aromatic nitrogens is 4. The second kappa shape index (κ2) is 5.42. The second-order valence-electron chi connectivity index (χ2n) is 5.04. The molecule has 0 unspecified atom stereocenters. The van der Waals surface area contributed by atoms with Crippen LogP contribution in [0.1, 0.15) is 32.6 Å². The summed E-state index contributed by atoms with van der Waals surface area (Å²) in [5.41, 5.74) is 1.59. The van der Waals surface area contributed by atoms with E-state index >= 15 is 0 Å². The predicted octanol–water partition coefficient (Wildman–Crippen LogP) is 2.39. The van der Waals surface area contributed by atoms with Gasteiger partial charge >= 0.3 is 0 Å². The van der Waals surface area contributed by atoms with Crippen molar-refractivity contribution < 1.29 is 0 Å². The molecule has 6 heteroatoms. The molecule has 0 saturated heterocycles. The van der Waals surface area contributed by atoms with Gasteiger partial charge in [-0.05, 0) is 25.7 Å². The summed E-state index contributed by atoms with van der Waals surface area (Å²) in [4.78, 5) is 16.1. The fraction of sp³-hybridized carbons (Fsp3) is 0.615. The molecule has 2 aromatic heterocycles. The van der Waals surface area contributed by atoms with Crippen molar-refractivity contribution in [1.29, 1.82) is 0 Å². The number of aromatic amines is 1. The zero-order valence-electron chi connectivity index (χ0n) is 11.2. The Balaban J connectivity index is 1.69. The molecule has 1 aliphatic carbocycles. The van der Waals surface area contributed by atoms with Crippen LogP contribution in [0.4, 0.5) is 11.8 Å². The molecule has 0 amide bonds. The first-order valence-electron chi connectivity index (χ1n) is 7.05. The molecule has 0 radical (unpaired) electrons. The Morgan fingerprint density at radius 2 is 2.21 bits per heavy atom. The topological polar surface area (TPSA) is 78.5 Å².